The summed E-state index contributed by atoms with van der Waals surface area (Å²) in [6, 6.07) is 8.50. The van der Waals surface area contributed by atoms with E-state index in [1.807, 2.05) is 0 Å². The SMILES string of the molecule is CC(C)c1ccc(N2CCOC(CC(=O)O)C2)cc1. The van der Waals surface area contributed by atoms with Crippen molar-refractivity contribution < 1.29 is 14.6 Å². The highest BCUT2D eigenvalue weighted by molar-refractivity contribution is 5.67. The number of hydrogen-bond donors (Lipinski definition) is 1. The van der Waals surface area contributed by atoms with Crippen molar-refractivity contribution in [3.63, 3.8) is 0 Å². The van der Waals surface area contributed by atoms with Crippen LogP contribution in [-0.2, 0) is 9.53 Å². The Labute approximate surface area is 114 Å². The lowest BCUT2D eigenvalue weighted by atomic mass is 10.0. The van der Waals surface area contributed by atoms with E-state index in [0.29, 0.717) is 19.1 Å². The smallest absolute Gasteiger partial charge is 0.306 e. The first-order chi connectivity index (χ1) is 9.06. The fourth-order valence-electron chi connectivity index (χ4n) is 2.34. The fourth-order valence-corrected chi connectivity index (χ4v) is 2.34. The number of aliphatic carboxylic acids is 1. The molecule has 1 atom stereocenters. The summed E-state index contributed by atoms with van der Waals surface area (Å²) in [4.78, 5) is 12.9. The van der Waals surface area contributed by atoms with Gasteiger partial charge in [0.1, 0.15) is 0 Å². The molecule has 1 unspecified atom stereocenters. The number of carboxylic acid groups (broad SMARTS) is 1. The summed E-state index contributed by atoms with van der Waals surface area (Å²) >= 11 is 0. The number of benzene rings is 1. The molecule has 0 radical (unpaired) electrons. The van der Waals surface area contributed by atoms with Gasteiger partial charge in [0.15, 0.2) is 0 Å². The van der Waals surface area contributed by atoms with Gasteiger partial charge in [-0.2, -0.15) is 0 Å². The molecule has 1 aliphatic rings. The lowest BCUT2D eigenvalue weighted by molar-refractivity contribution is -0.140. The van der Waals surface area contributed by atoms with Gasteiger partial charge in [-0.05, 0) is 23.6 Å². The number of ether oxygens (including phenoxy) is 1. The van der Waals surface area contributed by atoms with Gasteiger partial charge >= 0.3 is 5.97 Å². The van der Waals surface area contributed by atoms with E-state index in [1.165, 1.54) is 5.56 Å². The number of carboxylic acids is 1. The Kier molecular flexibility index (Phi) is 4.43. The molecule has 0 amide bonds. The summed E-state index contributed by atoms with van der Waals surface area (Å²) in [5, 5.41) is 8.82. The largest absolute Gasteiger partial charge is 0.481 e. The van der Waals surface area contributed by atoms with Gasteiger partial charge in [-0.15, -0.1) is 0 Å². The van der Waals surface area contributed by atoms with Crippen molar-refractivity contribution in [3.05, 3.63) is 29.8 Å². The van der Waals surface area contributed by atoms with E-state index in [0.717, 1.165) is 12.2 Å². The van der Waals surface area contributed by atoms with Crippen molar-refractivity contribution in [1.29, 1.82) is 0 Å². The van der Waals surface area contributed by atoms with Crippen LogP contribution in [0.5, 0.6) is 0 Å². The lowest BCUT2D eigenvalue weighted by Gasteiger charge is -2.34. The molecule has 1 saturated heterocycles. The molecule has 0 aromatic heterocycles. The minimum atomic E-state index is -0.804. The van der Waals surface area contributed by atoms with E-state index >= 15 is 0 Å². The minimum Gasteiger partial charge on any atom is -0.481 e. The molecule has 19 heavy (non-hydrogen) atoms. The van der Waals surface area contributed by atoms with Crippen LogP contribution in [0.15, 0.2) is 24.3 Å². The summed E-state index contributed by atoms with van der Waals surface area (Å²) in [6.45, 7) is 6.40. The van der Waals surface area contributed by atoms with Crippen LogP contribution in [0.3, 0.4) is 0 Å². The zero-order chi connectivity index (χ0) is 13.8. The third-order valence-corrected chi connectivity index (χ3v) is 3.47. The van der Waals surface area contributed by atoms with Crippen LogP contribution in [0.4, 0.5) is 5.69 Å². The molecular weight excluding hydrogens is 242 g/mol. The molecule has 4 heteroatoms. The van der Waals surface area contributed by atoms with Crippen LogP contribution in [0.25, 0.3) is 0 Å². The highest BCUT2D eigenvalue weighted by atomic mass is 16.5. The van der Waals surface area contributed by atoms with Crippen LogP contribution in [0, 0.1) is 0 Å². The van der Waals surface area contributed by atoms with Crippen LogP contribution < -0.4 is 4.90 Å². The van der Waals surface area contributed by atoms with E-state index in [9.17, 15) is 4.79 Å². The van der Waals surface area contributed by atoms with Gasteiger partial charge in [-0.3, -0.25) is 4.79 Å². The molecule has 1 aliphatic heterocycles. The summed E-state index contributed by atoms with van der Waals surface area (Å²) in [5.74, 6) is -0.277. The maximum absolute atomic E-state index is 10.7. The molecule has 1 heterocycles. The number of carbonyl (C=O) groups is 1. The van der Waals surface area contributed by atoms with Crippen LogP contribution in [0.2, 0.25) is 0 Å². The summed E-state index contributed by atoms with van der Waals surface area (Å²) in [6.07, 6.45) is -0.142. The quantitative estimate of drug-likeness (QED) is 0.906. The third kappa shape index (κ3) is 3.70. The summed E-state index contributed by atoms with van der Waals surface area (Å²) in [7, 11) is 0. The van der Waals surface area contributed by atoms with Crippen LogP contribution >= 0.6 is 0 Å². The molecule has 1 aromatic carbocycles. The molecule has 0 aliphatic carbocycles. The Morgan fingerprint density at radius 1 is 1.42 bits per heavy atom. The van der Waals surface area contributed by atoms with E-state index in [2.05, 4.69) is 43.0 Å². The normalized spacial score (nSPS) is 19.7. The average molecular weight is 263 g/mol. The van der Waals surface area contributed by atoms with Crippen molar-refractivity contribution in [3.8, 4) is 0 Å². The van der Waals surface area contributed by atoms with Crippen molar-refractivity contribution in [2.45, 2.75) is 32.3 Å². The van der Waals surface area contributed by atoms with Crippen molar-refractivity contribution >= 4 is 11.7 Å². The minimum absolute atomic E-state index is 0.0700. The first kappa shape index (κ1) is 13.9. The molecule has 0 spiro atoms. The number of anilines is 1. The van der Waals surface area contributed by atoms with Crippen molar-refractivity contribution in [2.75, 3.05) is 24.6 Å². The Morgan fingerprint density at radius 2 is 2.11 bits per heavy atom. The van der Waals surface area contributed by atoms with Gasteiger partial charge in [0.05, 0.1) is 19.1 Å². The van der Waals surface area contributed by atoms with Crippen molar-refractivity contribution in [1.82, 2.24) is 0 Å². The summed E-state index contributed by atoms with van der Waals surface area (Å²) < 4.78 is 5.48. The number of morpholine rings is 1. The first-order valence-corrected chi connectivity index (χ1v) is 6.74. The Bertz CT molecular complexity index is 428. The number of hydrogen-bond acceptors (Lipinski definition) is 3. The average Bonchev–Trinajstić information content (AvgIpc) is 2.38. The highest BCUT2D eigenvalue weighted by Crippen LogP contribution is 2.22. The first-order valence-electron chi connectivity index (χ1n) is 6.74. The predicted molar refractivity (Wildman–Crippen MR) is 74.7 cm³/mol. The van der Waals surface area contributed by atoms with E-state index in [1.54, 1.807) is 0 Å². The Morgan fingerprint density at radius 3 is 2.68 bits per heavy atom. The fraction of sp³-hybridized carbons (Fsp3) is 0.533. The molecule has 1 aromatic rings. The molecule has 0 bridgehead atoms. The van der Waals surface area contributed by atoms with Crippen LogP contribution in [0.1, 0.15) is 31.7 Å². The van der Waals surface area contributed by atoms with Crippen LogP contribution in [-0.4, -0.2) is 36.9 Å². The third-order valence-electron chi connectivity index (χ3n) is 3.47. The topological polar surface area (TPSA) is 49.8 Å². The predicted octanol–water partition coefficient (Wildman–Crippen LogP) is 2.49. The van der Waals surface area contributed by atoms with E-state index in [-0.39, 0.29) is 12.5 Å². The molecular formula is C15H21NO3. The highest BCUT2D eigenvalue weighted by Gasteiger charge is 2.22. The summed E-state index contributed by atoms with van der Waals surface area (Å²) in [5.41, 5.74) is 2.46. The molecule has 0 saturated carbocycles. The molecule has 2 rings (SSSR count). The molecule has 104 valence electrons. The number of nitrogens with zero attached hydrogens (tertiary/aromatic N) is 1. The monoisotopic (exact) mass is 263 g/mol. The molecule has 1 N–H and O–H groups in total. The maximum Gasteiger partial charge on any atom is 0.306 e. The molecule has 4 nitrogen and oxygen atoms in total. The zero-order valence-electron chi connectivity index (χ0n) is 11.5. The zero-order valence-corrected chi connectivity index (χ0v) is 11.5. The number of rotatable bonds is 4. The van der Waals surface area contributed by atoms with Gasteiger partial charge in [0, 0.05) is 18.8 Å². The van der Waals surface area contributed by atoms with Gasteiger partial charge in [-0.1, -0.05) is 26.0 Å². The van der Waals surface area contributed by atoms with Gasteiger partial charge in [0.25, 0.3) is 0 Å². The lowest BCUT2D eigenvalue weighted by Crippen LogP contribution is -2.43. The van der Waals surface area contributed by atoms with Gasteiger partial charge in [-0.25, -0.2) is 0 Å². The van der Waals surface area contributed by atoms with E-state index in [4.69, 9.17) is 9.84 Å². The van der Waals surface area contributed by atoms with E-state index < -0.39 is 5.97 Å². The standard InChI is InChI=1S/C15H21NO3/c1-11(2)12-3-5-13(6-4-12)16-7-8-19-14(10-16)9-15(17)18/h3-6,11,14H,7-10H2,1-2H3,(H,17,18). The maximum atomic E-state index is 10.7. The van der Waals surface area contributed by atoms with Gasteiger partial charge in [0.2, 0.25) is 0 Å². The van der Waals surface area contributed by atoms with Crippen molar-refractivity contribution in [2.24, 2.45) is 0 Å². The second kappa shape index (κ2) is 6.06. The Hall–Kier alpha value is -1.55. The molecule has 1 fully saturated rings. The second-order valence-corrected chi connectivity index (χ2v) is 5.28. The second-order valence-electron chi connectivity index (χ2n) is 5.28. The Balaban J connectivity index is 2.02. The van der Waals surface area contributed by atoms with Gasteiger partial charge < -0.3 is 14.7 Å².